The van der Waals surface area contributed by atoms with Crippen LogP contribution in [-0.4, -0.2) is 78.8 Å². The first-order chi connectivity index (χ1) is 33.6. The molecule has 4 aliphatic rings. The fourth-order valence-corrected chi connectivity index (χ4v) is 10.9. The predicted octanol–water partition coefficient (Wildman–Crippen LogP) is 9.59. The number of carboxylic acid groups (broad SMARTS) is 1. The van der Waals surface area contributed by atoms with Crippen LogP contribution >= 0.6 is 0 Å². The molecule has 4 aromatic carbocycles. The average molecular weight is 1000 g/mol. The van der Waals surface area contributed by atoms with E-state index in [1.807, 2.05) is 65.0 Å². The van der Waals surface area contributed by atoms with E-state index in [0.29, 0.717) is 52.9 Å². The number of allylic oxidation sites excluding steroid dienone is 6. The van der Waals surface area contributed by atoms with E-state index in [1.165, 1.54) is 48.5 Å². The number of ether oxygens (including phenoxy) is 1. The Morgan fingerprint density at radius 3 is 2.25 bits per heavy atom. The summed E-state index contributed by atoms with van der Waals surface area (Å²) in [4.78, 5) is 26.5. The summed E-state index contributed by atoms with van der Waals surface area (Å²) in [6.07, 6.45) is 12.0. The minimum Gasteiger partial charge on any atom is -0.507 e. The van der Waals surface area contributed by atoms with Gasteiger partial charge in [-0.15, -0.1) is 0 Å². The van der Waals surface area contributed by atoms with E-state index in [1.54, 1.807) is 42.5 Å². The Morgan fingerprint density at radius 2 is 1.54 bits per heavy atom. The van der Waals surface area contributed by atoms with Crippen molar-refractivity contribution in [1.82, 2.24) is 5.32 Å². The molecule has 0 aromatic heterocycles. The van der Waals surface area contributed by atoms with Crippen LogP contribution in [0.2, 0.25) is 0 Å². The first kappa shape index (κ1) is 50.7. The monoisotopic (exact) mass is 1000 g/mol. The molecule has 0 saturated carbocycles. The molecule has 5 N–H and O–H groups in total. The molecule has 71 heavy (non-hydrogen) atoms. The second-order valence-corrected chi connectivity index (χ2v) is 21.4. The van der Waals surface area contributed by atoms with Gasteiger partial charge in [0.2, 0.25) is 5.69 Å². The summed E-state index contributed by atoms with van der Waals surface area (Å²) in [5.41, 5.74) is 6.03. The Kier molecular flexibility index (Phi) is 14.1. The highest BCUT2D eigenvalue weighted by Crippen LogP contribution is 2.49. The summed E-state index contributed by atoms with van der Waals surface area (Å²) in [5, 5.41) is 24.8. The van der Waals surface area contributed by atoms with Crippen LogP contribution in [0.25, 0.3) is 33.4 Å². The molecule has 3 heterocycles. The normalized spacial score (nSPS) is 16.0. The maximum absolute atomic E-state index is 12.4. The first-order valence-corrected chi connectivity index (χ1v) is 26.1. The number of hydrogen-bond donors (Lipinski definition) is 5. The van der Waals surface area contributed by atoms with Crippen LogP contribution in [0.4, 0.5) is 11.4 Å². The van der Waals surface area contributed by atoms with Crippen LogP contribution in [0.15, 0.2) is 146 Å². The maximum atomic E-state index is 12.4. The molecule has 0 atom stereocenters. The van der Waals surface area contributed by atoms with Crippen molar-refractivity contribution >= 4 is 54.3 Å². The van der Waals surface area contributed by atoms with Crippen LogP contribution < -0.4 is 15.6 Å². The highest BCUT2D eigenvalue weighted by atomic mass is 32.2. The van der Waals surface area contributed by atoms with Crippen LogP contribution in [0.1, 0.15) is 80.9 Å². The van der Waals surface area contributed by atoms with Crippen LogP contribution in [0.5, 0.6) is 5.75 Å². The molecule has 0 bridgehead atoms. The molecule has 4 aromatic rings. The number of nitrogens with zero attached hydrogens (tertiary/aromatic N) is 2. The van der Waals surface area contributed by atoms with Gasteiger partial charge >= 0.3 is 5.97 Å². The van der Waals surface area contributed by atoms with Gasteiger partial charge in [-0.3, -0.25) is 19.2 Å². The topological polar surface area (TPSA) is 224 Å². The van der Waals surface area contributed by atoms with Crippen LogP contribution in [0, 0.1) is 0 Å². The molecule has 15 nitrogen and oxygen atoms in total. The van der Waals surface area contributed by atoms with E-state index < -0.39 is 37.0 Å². The fourth-order valence-electron chi connectivity index (χ4n) is 9.87. The van der Waals surface area contributed by atoms with Gasteiger partial charge in [-0.05, 0) is 111 Å². The lowest BCUT2D eigenvalue weighted by Gasteiger charge is -2.25. The third-order valence-corrected chi connectivity index (χ3v) is 15.1. The molecule has 370 valence electrons. The summed E-state index contributed by atoms with van der Waals surface area (Å²) in [5.74, 6) is -0.904. The number of rotatable bonds is 18. The molecule has 8 rings (SSSR count). The number of aromatic carboxylic acids is 1. The van der Waals surface area contributed by atoms with Gasteiger partial charge in [-0.25, -0.2) is 4.79 Å². The molecular formula is C54H56N3O12S2+. The van der Waals surface area contributed by atoms with Gasteiger partial charge in [-0.2, -0.15) is 21.4 Å². The molecule has 0 fully saturated rings. The molecule has 0 unspecified atom stereocenters. The minimum absolute atomic E-state index is 0.0481. The van der Waals surface area contributed by atoms with Crippen molar-refractivity contribution in [2.75, 3.05) is 31.3 Å². The van der Waals surface area contributed by atoms with Crippen molar-refractivity contribution in [3.05, 3.63) is 160 Å². The molecule has 1 aliphatic carbocycles. The van der Waals surface area contributed by atoms with Crippen LogP contribution in [0.3, 0.4) is 0 Å². The highest BCUT2D eigenvalue weighted by molar-refractivity contribution is 7.86. The molecule has 3 aliphatic heterocycles. The number of phenols is 1. The lowest BCUT2D eigenvalue weighted by Crippen LogP contribution is -2.28. The number of nitrogens with one attached hydrogen (secondary N) is 1. The summed E-state index contributed by atoms with van der Waals surface area (Å²) >= 11 is 0. The predicted molar refractivity (Wildman–Crippen MR) is 272 cm³/mol. The molecule has 0 amide bonds. The highest BCUT2D eigenvalue weighted by Gasteiger charge is 2.45. The standard InChI is InChI=1S/C54H55N3O12S2/c1-6-56-44-24-20-35(70(62,63)64)30-42(44)53(2,3)48(56)17-9-7-10-18-49-54(4,5)43-31-36(71(65,66)67)21-25-45(43)57(49)27-13-8-14-28-68-33-55-32-41-46(59)26-23-40-50(37-15-11-12-16-38(37)52(60)61)39-22-19-34(58)29-47(39)69-51(40)41/h7,9-12,15-26,29-31,55H,6,8,13-14,27-28,32-33H2,1-5H3,(H3-,58,59,60,61,62,63,64,65,66,67)/p+1. The van der Waals surface area contributed by atoms with Gasteiger partial charge in [0.1, 0.15) is 23.6 Å². The van der Waals surface area contributed by atoms with E-state index in [9.17, 15) is 45.7 Å². The Balaban J connectivity index is 0.937. The van der Waals surface area contributed by atoms with Crippen molar-refractivity contribution in [1.29, 1.82) is 0 Å². The van der Waals surface area contributed by atoms with Gasteiger partial charge in [0, 0.05) is 83.2 Å². The molecule has 0 saturated heterocycles. The zero-order valence-electron chi connectivity index (χ0n) is 40.0. The zero-order chi connectivity index (χ0) is 51.0. The van der Waals surface area contributed by atoms with E-state index in [2.05, 4.69) is 14.8 Å². The maximum Gasteiger partial charge on any atom is 0.336 e. The van der Waals surface area contributed by atoms with Gasteiger partial charge in [0.15, 0.2) is 11.1 Å². The zero-order valence-corrected chi connectivity index (χ0v) is 41.6. The van der Waals surface area contributed by atoms with Crippen molar-refractivity contribution in [2.24, 2.45) is 0 Å². The van der Waals surface area contributed by atoms with Gasteiger partial charge < -0.3 is 24.3 Å². The molecule has 0 radical (unpaired) electrons. The number of anilines is 1. The lowest BCUT2D eigenvalue weighted by atomic mass is 9.81. The Labute approximate surface area is 412 Å². The number of carboxylic acids is 1. The van der Waals surface area contributed by atoms with E-state index in [4.69, 9.17) is 9.15 Å². The lowest BCUT2D eigenvalue weighted by molar-refractivity contribution is -0.438. The van der Waals surface area contributed by atoms with Gasteiger partial charge in [-0.1, -0.05) is 50.3 Å². The Hall–Kier alpha value is -6.73. The van der Waals surface area contributed by atoms with Crippen molar-refractivity contribution in [3.63, 3.8) is 0 Å². The first-order valence-electron chi connectivity index (χ1n) is 23.2. The molecular weight excluding hydrogens is 947 g/mol. The van der Waals surface area contributed by atoms with E-state index in [0.717, 1.165) is 53.2 Å². The van der Waals surface area contributed by atoms with Crippen molar-refractivity contribution < 1.29 is 54.7 Å². The number of hydrogen-bond acceptors (Lipinski definition) is 11. The quantitative estimate of drug-likeness (QED) is 0.0135. The number of benzene rings is 5. The average Bonchev–Trinajstić information content (AvgIpc) is 3.67. The third kappa shape index (κ3) is 9.98. The number of fused-ring (bicyclic) bond motifs is 4. The number of aromatic hydroxyl groups is 1. The Morgan fingerprint density at radius 1 is 0.817 bits per heavy atom. The second kappa shape index (κ2) is 19.8. The SMILES string of the molecule is CCN1C(=CC=CC=CC2=[N+](CCCCCOCNCc3c(O)ccc4c(-c5ccccc5C(=O)O)c5ccc(=O)cc-5oc34)c3ccc(S(=O)(=O)O)cc3C2(C)C)C(C)(C)c2cc(S(=O)(=O)O)ccc21. The summed E-state index contributed by atoms with van der Waals surface area (Å²) in [6.45, 7) is 12.0. The summed E-state index contributed by atoms with van der Waals surface area (Å²) in [7, 11) is -8.83. The smallest absolute Gasteiger partial charge is 0.336 e. The molecule has 0 spiro atoms. The third-order valence-electron chi connectivity index (χ3n) is 13.4. The minimum atomic E-state index is -4.45. The molecule has 17 heteroatoms. The van der Waals surface area contributed by atoms with Gasteiger partial charge in [0.05, 0.1) is 33.1 Å². The fraction of sp³-hybridized carbons (Fsp3) is 0.278. The largest absolute Gasteiger partial charge is 0.507 e. The number of phenolic OH excluding ortho intramolecular Hbond substituents is 1. The van der Waals surface area contributed by atoms with E-state index >= 15 is 0 Å². The van der Waals surface area contributed by atoms with Gasteiger partial charge in [0.25, 0.3) is 20.2 Å². The Bertz CT molecular complexity index is 3480. The van der Waals surface area contributed by atoms with Crippen molar-refractivity contribution in [3.8, 4) is 28.2 Å². The number of carbonyl (C=O) groups is 1. The van der Waals surface area contributed by atoms with Crippen LogP contribution in [-0.2, 0) is 42.3 Å². The summed E-state index contributed by atoms with van der Waals surface area (Å²) in [6, 6.07) is 23.5. The number of unbranched alkanes of at least 4 members (excludes halogenated alkanes) is 2. The second-order valence-electron chi connectivity index (χ2n) is 18.6. The summed E-state index contributed by atoms with van der Waals surface area (Å²) < 4.78 is 82.3. The number of likely N-dealkylation sites (N-methyl/N-ethyl adjacent to an activating group) is 1. The van der Waals surface area contributed by atoms with Crippen molar-refractivity contribution in [2.45, 2.75) is 81.0 Å². The van der Waals surface area contributed by atoms with E-state index in [-0.39, 0.29) is 45.6 Å².